The van der Waals surface area contributed by atoms with Crippen LogP contribution in [0.2, 0.25) is 0 Å². The molecule has 0 aliphatic carbocycles. The van der Waals surface area contributed by atoms with Gasteiger partial charge >= 0.3 is 0 Å². The van der Waals surface area contributed by atoms with Gasteiger partial charge in [0.25, 0.3) is 0 Å². The van der Waals surface area contributed by atoms with E-state index in [0.717, 1.165) is 5.56 Å². The molecule has 1 fully saturated rings. The van der Waals surface area contributed by atoms with Crippen molar-refractivity contribution in [2.45, 2.75) is 25.7 Å². The largest absolute Gasteiger partial charge is 0.389 e. The maximum Gasteiger partial charge on any atom is 0.236 e. The first-order valence-electron chi connectivity index (χ1n) is 6.84. The van der Waals surface area contributed by atoms with Crippen molar-refractivity contribution in [2.24, 2.45) is 0 Å². The first-order chi connectivity index (χ1) is 9.47. The predicted octanol–water partition coefficient (Wildman–Crippen LogP) is -0.00918. The normalized spacial score (nSPS) is 23.0. The van der Waals surface area contributed by atoms with Gasteiger partial charge in [-0.25, -0.2) is 0 Å². The maximum absolute atomic E-state index is 12.1. The third-order valence-electron chi connectivity index (χ3n) is 3.79. The summed E-state index contributed by atoms with van der Waals surface area (Å²) in [6.07, 6.45) is -1.49. The van der Waals surface area contributed by atoms with Crippen LogP contribution in [0.15, 0.2) is 24.3 Å². The number of carbonyl (C=O) groups excluding carboxylic acids is 1. The van der Waals surface area contributed by atoms with E-state index in [1.54, 1.807) is 16.8 Å². The molecule has 1 aromatic rings. The molecule has 1 amide bonds. The van der Waals surface area contributed by atoms with Crippen LogP contribution in [-0.4, -0.2) is 64.8 Å². The number of nitrogens with zero attached hydrogens (tertiary/aromatic N) is 2. The molecule has 0 aromatic heterocycles. The van der Waals surface area contributed by atoms with Crippen LogP contribution >= 0.6 is 0 Å². The summed E-state index contributed by atoms with van der Waals surface area (Å²) < 4.78 is 0. The average molecular weight is 278 g/mol. The topological polar surface area (TPSA) is 64.0 Å². The van der Waals surface area contributed by atoms with Crippen molar-refractivity contribution in [1.29, 1.82) is 0 Å². The molecule has 20 heavy (non-hydrogen) atoms. The highest BCUT2D eigenvalue weighted by Gasteiger charge is 2.30. The summed E-state index contributed by atoms with van der Waals surface area (Å²) >= 11 is 0. The van der Waals surface area contributed by atoms with Gasteiger partial charge in [-0.1, -0.05) is 24.3 Å². The van der Waals surface area contributed by atoms with Crippen LogP contribution < -0.4 is 0 Å². The van der Waals surface area contributed by atoms with Crippen LogP contribution in [0.1, 0.15) is 11.1 Å². The Bertz CT molecular complexity index is 468. The first kappa shape index (κ1) is 15.0. The first-order valence-corrected chi connectivity index (χ1v) is 6.84. The van der Waals surface area contributed by atoms with Gasteiger partial charge in [0.2, 0.25) is 5.91 Å². The second kappa shape index (κ2) is 6.35. The zero-order valence-electron chi connectivity index (χ0n) is 12.0. The van der Waals surface area contributed by atoms with Gasteiger partial charge in [0.05, 0.1) is 18.8 Å². The summed E-state index contributed by atoms with van der Waals surface area (Å²) in [6.45, 7) is 3.54. The number of likely N-dealkylation sites (tertiary alicyclic amines) is 1. The Morgan fingerprint density at radius 1 is 1.30 bits per heavy atom. The van der Waals surface area contributed by atoms with E-state index >= 15 is 0 Å². The maximum atomic E-state index is 12.1. The summed E-state index contributed by atoms with van der Waals surface area (Å²) in [6, 6.07) is 7.99. The van der Waals surface area contributed by atoms with Crippen molar-refractivity contribution in [3.63, 3.8) is 0 Å². The van der Waals surface area contributed by atoms with Gasteiger partial charge < -0.3 is 15.1 Å². The summed E-state index contributed by atoms with van der Waals surface area (Å²) in [4.78, 5) is 15.6. The molecule has 0 saturated carbocycles. The van der Waals surface area contributed by atoms with Gasteiger partial charge in [-0.2, -0.15) is 0 Å². The predicted molar refractivity (Wildman–Crippen MR) is 76.1 cm³/mol. The van der Waals surface area contributed by atoms with Crippen molar-refractivity contribution in [1.82, 2.24) is 9.80 Å². The number of aliphatic hydroxyl groups excluding tert-OH is 2. The molecule has 0 unspecified atom stereocenters. The highest BCUT2D eigenvalue weighted by molar-refractivity contribution is 5.78. The number of β-amino-alcohol motifs (C(OH)–C–C–N with tert-alkyl or cyclic N) is 2. The van der Waals surface area contributed by atoms with Crippen LogP contribution in [0.4, 0.5) is 0 Å². The number of likely N-dealkylation sites (N-methyl/N-ethyl adjacent to an activating group) is 1. The molecule has 1 aliphatic heterocycles. The van der Waals surface area contributed by atoms with Gasteiger partial charge in [-0.15, -0.1) is 0 Å². The lowest BCUT2D eigenvalue weighted by Crippen LogP contribution is -2.37. The van der Waals surface area contributed by atoms with Crippen LogP contribution in [0.25, 0.3) is 0 Å². The van der Waals surface area contributed by atoms with Crippen molar-refractivity contribution < 1.29 is 15.0 Å². The van der Waals surface area contributed by atoms with E-state index in [-0.39, 0.29) is 12.5 Å². The Balaban J connectivity index is 1.88. The molecule has 2 atom stereocenters. The lowest BCUT2D eigenvalue weighted by Gasteiger charge is -2.22. The van der Waals surface area contributed by atoms with E-state index in [0.29, 0.717) is 19.6 Å². The standard InChI is InChI=1S/C15H22N2O3/c1-11-5-3-4-6-12(11)7-16(2)15(20)10-17-8-13(18)14(19)9-17/h3-6,13-14,18-19H,7-10H2,1-2H3/t13-,14+. The molecule has 0 radical (unpaired) electrons. The van der Waals surface area contributed by atoms with Gasteiger partial charge in [0.1, 0.15) is 0 Å². The van der Waals surface area contributed by atoms with Crippen molar-refractivity contribution >= 4 is 5.91 Å². The van der Waals surface area contributed by atoms with Gasteiger partial charge in [-0.05, 0) is 18.1 Å². The minimum atomic E-state index is -0.746. The van der Waals surface area contributed by atoms with E-state index in [1.165, 1.54) is 5.56 Å². The molecule has 1 aromatic carbocycles. The molecular weight excluding hydrogens is 256 g/mol. The lowest BCUT2D eigenvalue weighted by molar-refractivity contribution is -0.131. The quantitative estimate of drug-likeness (QED) is 0.813. The SMILES string of the molecule is Cc1ccccc1CN(C)C(=O)CN1C[C@@H](O)[C@@H](O)C1. The molecule has 1 heterocycles. The molecule has 1 saturated heterocycles. The lowest BCUT2D eigenvalue weighted by atomic mass is 10.1. The molecule has 0 spiro atoms. The highest BCUT2D eigenvalue weighted by Crippen LogP contribution is 2.12. The van der Waals surface area contributed by atoms with E-state index < -0.39 is 12.2 Å². The summed E-state index contributed by atoms with van der Waals surface area (Å²) in [5.41, 5.74) is 2.30. The fraction of sp³-hybridized carbons (Fsp3) is 0.533. The van der Waals surface area contributed by atoms with Crippen molar-refractivity contribution in [2.75, 3.05) is 26.7 Å². The van der Waals surface area contributed by atoms with Gasteiger partial charge in [0.15, 0.2) is 0 Å². The average Bonchev–Trinajstić information content (AvgIpc) is 2.71. The van der Waals surface area contributed by atoms with Gasteiger partial charge in [-0.3, -0.25) is 9.69 Å². The fourth-order valence-electron chi connectivity index (χ4n) is 2.42. The molecule has 5 heteroatoms. The smallest absolute Gasteiger partial charge is 0.236 e. The Morgan fingerprint density at radius 3 is 2.50 bits per heavy atom. The third kappa shape index (κ3) is 3.56. The number of aliphatic hydroxyl groups is 2. The fourth-order valence-corrected chi connectivity index (χ4v) is 2.42. The van der Waals surface area contributed by atoms with Crippen LogP contribution in [0.5, 0.6) is 0 Å². The number of aryl methyl sites for hydroxylation is 1. The molecular formula is C15H22N2O3. The second-order valence-electron chi connectivity index (χ2n) is 5.51. The number of benzene rings is 1. The Labute approximate surface area is 119 Å². The number of hydrogen-bond donors (Lipinski definition) is 2. The molecule has 110 valence electrons. The van der Waals surface area contributed by atoms with E-state index in [1.807, 2.05) is 31.2 Å². The summed E-state index contributed by atoms with van der Waals surface area (Å²) in [5.74, 6) is -0.00504. The Hall–Kier alpha value is -1.43. The number of amides is 1. The molecule has 1 aliphatic rings. The van der Waals surface area contributed by atoms with Crippen LogP contribution in [-0.2, 0) is 11.3 Å². The molecule has 2 N–H and O–H groups in total. The third-order valence-corrected chi connectivity index (χ3v) is 3.79. The number of hydrogen-bond acceptors (Lipinski definition) is 4. The van der Waals surface area contributed by atoms with Crippen molar-refractivity contribution in [3.8, 4) is 0 Å². The van der Waals surface area contributed by atoms with Gasteiger partial charge in [0, 0.05) is 26.7 Å². The molecule has 2 rings (SSSR count). The van der Waals surface area contributed by atoms with Crippen molar-refractivity contribution in [3.05, 3.63) is 35.4 Å². The Kier molecular flexibility index (Phi) is 4.75. The zero-order valence-corrected chi connectivity index (χ0v) is 12.0. The summed E-state index contributed by atoms with van der Waals surface area (Å²) in [5, 5.41) is 18.9. The molecule has 5 nitrogen and oxygen atoms in total. The number of carbonyl (C=O) groups is 1. The van der Waals surface area contributed by atoms with Crippen LogP contribution in [0.3, 0.4) is 0 Å². The monoisotopic (exact) mass is 278 g/mol. The van der Waals surface area contributed by atoms with E-state index in [9.17, 15) is 15.0 Å². The number of rotatable bonds is 4. The minimum absolute atomic E-state index is 0.00504. The highest BCUT2D eigenvalue weighted by atomic mass is 16.3. The Morgan fingerprint density at radius 2 is 1.90 bits per heavy atom. The summed E-state index contributed by atoms with van der Waals surface area (Å²) in [7, 11) is 1.78. The molecule has 0 bridgehead atoms. The second-order valence-corrected chi connectivity index (χ2v) is 5.51. The van der Waals surface area contributed by atoms with Crippen LogP contribution in [0, 0.1) is 6.92 Å². The minimum Gasteiger partial charge on any atom is -0.389 e. The van der Waals surface area contributed by atoms with E-state index in [2.05, 4.69) is 0 Å². The zero-order chi connectivity index (χ0) is 14.7. The van der Waals surface area contributed by atoms with E-state index in [4.69, 9.17) is 0 Å².